The first-order valence-electron chi connectivity index (χ1n) is 8.83. The van der Waals surface area contributed by atoms with Crippen molar-refractivity contribution in [3.8, 4) is 23.8 Å². The van der Waals surface area contributed by atoms with Gasteiger partial charge in [0.05, 0.1) is 16.0 Å². The van der Waals surface area contributed by atoms with Gasteiger partial charge >= 0.3 is 0 Å². The molecule has 0 atom stereocenters. The number of ether oxygens (including phenoxy) is 2. The second-order valence-corrected chi connectivity index (χ2v) is 8.71. The Balaban J connectivity index is 1.97. The average Bonchev–Trinajstić information content (AvgIpc) is 3.13. The van der Waals surface area contributed by atoms with Crippen molar-refractivity contribution in [2.24, 2.45) is 0 Å². The second kappa shape index (κ2) is 9.08. The lowest BCUT2D eigenvalue weighted by Crippen LogP contribution is -2.39. The number of aryl methyl sites for hydroxylation is 2. The minimum Gasteiger partial charge on any atom is -0.490 e. The van der Waals surface area contributed by atoms with E-state index in [1.54, 1.807) is 6.08 Å². The van der Waals surface area contributed by atoms with Crippen molar-refractivity contribution in [2.75, 3.05) is 18.2 Å². The van der Waals surface area contributed by atoms with E-state index in [0.29, 0.717) is 31.8 Å². The Hall–Kier alpha value is -2.21. The van der Waals surface area contributed by atoms with Crippen LogP contribution in [0.2, 0.25) is 0 Å². The summed E-state index contributed by atoms with van der Waals surface area (Å²) < 4.78 is 14.3. The van der Waals surface area contributed by atoms with Crippen LogP contribution in [0.4, 0.5) is 0 Å². The van der Waals surface area contributed by atoms with Gasteiger partial charge in [-0.3, -0.25) is 9.47 Å². The molecular formula is C21H19BrN2O3S2. The van der Waals surface area contributed by atoms with Crippen molar-refractivity contribution < 1.29 is 14.3 Å². The Kier molecular flexibility index (Phi) is 6.73. The highest BCUT2D eigenvalue weighted by Gasteiger charge is 2.34. The molecule has 1 aromatic heterocycles. The minimum absolute atomic E-state index is 0.131. The molecular weight excluding hydrogens is 472 g/mol. The number of hydrogen-bond acceptors (Lipinski definition) is 5. The Morgan fingerprint density at radius 1 is 1.28 bits per heavy atom. The zero-order chi connectivity index (χ0) is 21.1. The fourth-order valence-electron chi connectivity index (χ4n) is 2.95. The number of hydrogen-bond donors (Lipinski definition) is 0. The van der Waals surface area contributed by atoms with E-state index in [1.165, 1.54) is 16.8 Å². The molecule has 29 heavy (non-hydrogen) atoms. The van der Waals surface area contributed by atoms with Gasteiger partial charge in [0.1, 0.15) is 6.61 Å². The van der Waals surface area contributed by atoms with Gasteiger partial charge in [0, 0.05) is 11.4 Å². The number of amides is 1. The van der Waals surface area contributed by atoms with Crippen LogP contribution in [0.5, 0.6) is 11.5 Å². The lowest BCUT2D eigenvalue weighted by Gasteiger charge is -2.20. The number of aromatic nitrogens is 1. The molecule has 0 saturated carbocycles. The largest absolute Gasteiger partial charge is 0.490 e. The molecule has 1 fully saturated rings. The third-order valence-electron chi connectivity index (χ3n) is 4.14. The number of thioether (sulfide) groups is 1. The number of carbonyl (C=O) groups excluding carboxylic acids is 1. The van der Waals surface area contributed by atoms with Crippen molar-refractivity contribution in [3.63, 3.8) is 0 Å². The van der Waals surface area contributed by atoms with Gasteiger partial charge in [-0.1, -0.05) is 17.7 Å². The number of halogens is 1. The summed E-state index contributed by atoms with van der Waals surface area (Å²) in [5, 5.41) is 1.53. The Labute approximate surface area is 188 Å². The molecule has 0 bridgehead atoms. The van der Waals surface area contributed by atoms with Crippen LogP contribution in [0.15, 0.2) is 33.6 Å². The molecule has 0 N–H and O–H groups in total. The van der Waals surface area contributed by atoms with E-state index in [1.807, 2.05) is 49.7 Å². The van der Waals surface area contributed by atoms with Crippen LogP contribution < -0.4 is 14.5 Å². The summed E-state index contributed by atoms with van der Waals surface area (Å²) in [7, 11) is 0. The Morgan fingerprint density at radius 3 is 2.59 bits per heavy atom. The van der Waals surface area contributed by atoms with Crippen molar-refractivity contribution in [1.29, 1.82) is 0 Å². The Morgan fingerprint density at radius 2 is 1.97 bits per heavy atom. The molecule has 1 aromatic carbocycles. The van der Waals surface area contributed by atoms with Gasteiger partial charge in [-0.25, -0.2) is 0 Å². The van der Waals surface area contributed by atoms with Crippen molar-refractivity contribution in [3.05, 3.63) is 50.6 Å². The summed E-state index contributed by atoms with van der Waals surface area (Å²) >= 11 is 10.2. The maximum absolute atomic E-state index is 13.1. The smallest absolute Gasteiger partial charge is 0.285 e. The molecule has 0 unspecified atom stereocenters. The maximum Gasteiger partial charge on any atom is 0.285 e. The van der Waals surface area contributed by atoms with Gasteiger partial charge < -0.3 is 9.47 Å². The summed E-state index contributed by atoms with van der Waals surface area (Å²) in [4.78, 5) is 13.6. The van der Waals surface area contributed by atoms with Crippen molar-refractivity contribution in [1.82, 2.24) is 4.68 Å². The number of thiocarbonyl (C=S) groups is 1. The molecule has 8 heteroatoms. The topological polar surface area (TPSA) is 43.7 Å². The van der Waals surface area contributed by atoms with Gasteiger partial charge in [-0.2, -0.15) is 5.01 Å². The van der Waals surface area contributed by atoms with Crippen LogP contribution in [-0.2, 0) is 4.79 Å². The molecule has 3 rings (SSSR count). The van der Waals surface area contributed by atoms with Gasteiger partial charge in [0.2, 0.25) is 0 Å². The molecule has 2 aromatic rings. The quantitative estimate of drug-likeness (QED) is 0.330. The fourth-order valence-corrected chi connectivity index (χ4v) is 4.76. The lowest BCUT2D eigenvalue weighted by molar-refractivity contribution is -0.114. The van der Waals surface area contributed by atoms with E-state index >= 15 is 0 Å². The molecule has 2 heterocycles. The highest BCUT2D eigenvalue weighted by atomic mass is 79.9. The standard InChI is InChI=1S/C21H19BrN2O3S2/c1-5-9-27-19-16(22)10-15(11-17(19)26-6-2)12-18-20(25)24(21(28)29-18)23-13(3)7-8-14(23)4/h1,7-8,10-12H,6,9H2,2-4H3/b18-12-. The van der Waals surface area contributed by atoms with Crippen molar-refractivity contribution in [2.45, 2.75) is 20.8 Å². The number of rotatable bonds is 6. The molecule has 5 nitrogen and oxygen atoms in total. The van der Waals surface area contributed by atoms with Crippen LogP contribution in [0.25, 0.3) is 6.08 Å². The van der Waals surface area contributed by atoms with Gasteiger partial charge in [-0.05, 0) is 84.8 Å². The highest BCUT2D eigenvalue weighted by molar-refractivity contribution is 9.10. The van der Waals surface area contributed by atoms with Gasteiger partial charge in [0.15, 0.2) is 15.8 Å². The minimum atomic E-state index is -0.163. The maximum atomic E-state index is 13.1. The second-order valence-electron chi connectivity index (χ2n) is 6.18. The van der Waals surface area contributed by atoms with E-state index in [2.05, 4.69) is 21.9 Å². The molecule has 1 saturated heterocycles. The molecule has 0 aliphatic carbocycles. The van der Waals surface area contributed by atoms with Gasteiger partial charge in [-0.15, -0.1) is 6.42 Å². The zero-order valence-corrected chi connectivity index (χ0v) is 19.4. The SMILES string of the molecule is C#CCOc1c(Br)cc(/C=C2\SC(=S)N(n3c(C)ccc3C)C2=O)cc1OCC. The van der Waals surface area contributed by atoms with Crippen LogP contribution in [-0.4, -0.2) is 28.1 Å². The summed E-state index contributed by atoms with van der Waals surface area (Å²) in [5.74, 6) is 3.37. The fraction of sp³-hybridized carbons (Fsp3) is 0.238. The molecule has 0 radical (unpaired) electrons. The number of nitrogens with zero attached hydrogens (tertiary/aromatic N) is 2. The number of benzene rings is 1. The molecule has 150 valence electrons. The summed E-state index contributed by atoms with van der Waals surface area (Å²) in [6.45, 7) is 6.37. The predicted molar refractivity (Wildman–Crippen MR) is 125 cm³/mol. The molecule has 1 aliphatic heterocycles. The average molecular weight is 491 g/mol. The summed E-state index contributed by atoms with van der Waals surface area (Å²) in [6.07, 6.45) is 7.09. The number of carbonyl (C=O) groups is 1. The molecule has 1 aliphatic rings. The highest BCUT2D eigenvalue weighted by Crippen LogP contribution is 2.39. The van der Waals surface area contributed by atoms with Crippen LogP contribution in [0, 0.1) is 26.2 Å². The number of terminal acetylenes is 1. The summed E-state index contributed by atoms with van der Waals surface area (Å²) in [5.41, 5.74) is 2.67. The molecule has 1 amide bonds. The van der Waals surface area contributed by atoms with E-state index in [0.717, 1.165) is 17.0 Å². The first kappa shape index (κ1) is 21.5. The Bertz CT molecular complexity index is 1030. The van der Waals surface area contributed by atoms with E-state index < -0.39 is 0 Å². The monoisotopic (exact) mass is 490 g/mol. The third-order valence-corrected chi connectivity index (χ3v) is 6.01. The lowest BCUT2D eigenvalue weighted by atomic mass is 10.2. The predicted octanol–water partition coefficient (Wildman–Crippen LogP) is 4.82. The van der Waals surface area contributed by atoms with E-state index in [-0.39, 0.29) is 12.5 Å². The third kappa shape index (κ3) is 4.37. The van der Waals surface area contributed by atoms with Crippen LogP contribution in [0.1, 0.15) is 23.9 Å². The van der Waals surface area contributed by atoms with Crippen molar-refractivity contribution >= 4 is 56.2 Å². The van der Waals surface area contributed by atoms with Crippen LogP contribution in [0.3, 0.4) is 0 Å². The first-order valence-corrected chi connectivity index (χ1v) is 10.8. The zero-order valence-electron chi connectivity index (χ0n) is 16.2. The first-order chi connectivity index (χ1) is 13.9. The van der Waals surface area contributed by atoms with E-state index in [4.69, 9.17) is 28.1 Å². The summed E-state index contributed by atoms with van der Waals surface area (Å²) in [6, 6.07) is 7.59. The molecule has 0 spiro atoms. The normalized spacial score (nSPS) is 15.1. The van der Waals surface area contributed by atoms with Gasteiger partial charge in [0.25, 0.3) is 5.91 Å². The van der Waals surface area contributed by atoms with E-state index in [9.17, 15) is 4.79 Å². The van der Waals surface area contributed by atoms with Crippen LogP contribution >= 0.6 is 39.9 Å².